The molecule has 23 heavy (non-hydrogen) atoms. The molecular formula is C18H26N2O3. The van der Waals surface area contributed by atoms with Crippen LogP contribution in [-0.2, 0) is 4.74 Å². The molecule has 2 N–H and O–H groups in total. The van der Waals surface area contributed by atoms with Gasteiger partial charge in [-0.1, -0.05) is 6.07 Å². The van der Waals surface area contributed by atoms with E-state index in [0.29, 0.717) is 30.6 Å². The molecule has 1 aliphatic carbocycles. The molecule has 0 spiro atoms. The van der Waals surface area contributed by atoms with Gasteiger partial charge in [0.25, 0.3) is 5.91 Å². The summed E-state index contributed by atoms with van der Waals surface area (Å²) in [6, 6.07) is 7.72. The summed E-state index contributed by atoms with van der Waals surface area (Å²) in [5.41, 5.74) is 6.85. The highest BCUT2D eigenvalue weighted by Gasteiger charge is 2.42. The Balaban J connectivity index is 1.59. The zero-order valence-electron chi connectivity index (χ0n) is 13.7. The number of benzene rings is 1. The largest absolute Gasteiger partial charge is 0.493 e. The molecule has 1 saturated carbocycles. The number of carbonyl (C=O) groups is 1. The first-order chi connectivity index (χ1) is 11.2. The van der Waals surface area contributed by atoms with Crippen LogP contribution in [-0.4, -0.2) is 50.3 Å². The first-order valence-electron chi connectivity index (χ1n) is 8.45. The first-order valence-corrected chi connectivity index (χ1v) is 8.45. The van der Waals surface area contributed by atoms with E-state index in [1.54, 1.807) is 7.11 Å². The molecule has 3 rings (SSSR count). The van der Waals surface area contributed by atoms with E-state index in [2.05, 4.69) is 0 Å². The average molecular weight is 318 g/mol. The Morgan fingerprint density at radius 2 is 2.17 bits per heavy atom. The van der Waals surface area contributed by atoms with Crippen LogP contribution in [0.15, 0.2) is 24.3 Å². The SMILES string of the molecule is COCCCOc1cccc(C(=O)N2CC3CCC(N)C3C2)c1. The number of likely N-dealkylation sites (tertiary alicyclic amines) is 1. The summed E-state index contributed by atoms with van der Waals surface area (Å²) < 4.78 is 10.7. The van der Waals surface area contributed by atoms with Gasteiger partial charge >= 0.3 is 0 Å². The predicted molar refractivity (Wildman–Crippen MR) is 88.5 cm³/mol. The molecule has 1 aromatic carbocycles. The minimum Gasteiger partial charge on any atom is -0.493 e. The second kappa shape index (κ2) is 7.32. The zero-order valence-corrected chi connectivity index (χ0v) is 13.7. The Hall–Kier alpha value is -1.59. The van der Waals surface area contributed by atoms with Crippen molar-refractivity contribution < 1.29 is 14.3 Å². The standard InChI is InChI=1S/C18H26N2O3/c1-22-8-3-9-23-15-5-2-4-13(10-15)18(21)20-11-14-6-7-17(19)16(14)12-20/h2,4-5,10,14,16-17H,3,6-9,11-12,19H2,1H3. The van der Waals surface area contributed by atoms with Gasteiger partial charge in [-0.2, -0.15) is 0 Å². The Labute approximate surface area is 137 Å². The Morgan fingerprint density at radius 3 is 2.96 bits per heavy atom. The molecule has 5 heteroatoms. The van der Waals surface area contributed by atoms with Crippen molar-refractivity contribution in [1.82, 2.24) is 4.90 Å². The van der Waals surface area contributed by atoms with E-state index in [1.807, 2.05) is 29.2 Å². The number of amides is 1. The van der Waals surface area contributed by atoms with Gasteiger partial charge in [0.1, 0.15) is 5.75 Å². The van der Waals surface area contributed by atoms with Crippen LogP contribution >= 0.6 is 0 Å². The number of carbonyl (C=O) groups excluding carboxylic acids is 1. The number of fused-ring (bicyclic) bond motifs is 1. The van der Waals surface area contributed by atoms with Crippen LogP contribution in [0.1, 0.15) is 29.6 Å². The van der Waals surface area contributed by atoms with Gasteiger partial charge in [-0.15, -0.1) is 0 Å². The second-order valence-corrected chi connectivity index (χ2v) is 6.60. The fraction of sp³-hybridized carbons (Fsp3) is 0.611. The molecular weight excluding hydrogens is 292 g/mol. The lowest BCUT2D eigenvalue weighted by Crippen LogP contribution is -2.33. The van der Waals surface area contributed by atoms with Gasteiger partial charge in [0.15, 0.2) is 0 Å². The summed E-state index contributed by atoms with van der Waals surface area (Å²) in [6.07, 6.45) is 3.09. The molecule has 1 amide bonds. The summed E-state index contributed by atoms with van der Waals surface area (Å²) in [5.74, 6) is 1.90. The van der Waals surface area contributed by atoms with Crippen molar-refractivity contribution in [3.05, 3.63) is 29.8 Å². The predicted octanol–water partition coefficient (Wildman–Crippen LogP) is 1.91. The highest BCUT2D eigenvalue weighted by Crippen LogP contribution is 2.37. The fourth-order valence-electron chi connectivity index (χ4n) is 3.77. The minimum absolute atomic E-state index is 0.0916. The van der Waals surface area contributed by atoms with Crippen molar-refractivity contribution in [3.8, 4) is 5.75 Å². The molecule has 1 aliphatic heterocycles. The summed E-state index contributed by atoms with van der Waals surface area (Å²) in [7, 11) is 1.68. The van der Waals surface area contributed by atoms with Gasteiger partial charge < -0.3 is 20.1 Å². The molecule has 3 atom stereocenters. The van der Waals surface area contributed by atoms with Crippen molar-refractivity contribution in [2.45, 2.75) is 25.3 Å². The molecule has 2 fully saturated rings. The molecule has 1 heterocycles. The lowest BCUT2D eigenvalue weighted by Gasteiger charge is -2.19. The van der Waals surface area contributed by atoms with Gasteiger partial charge in [-0.3, -0.25) is 4.79 Å². The highest BCUT2D eigenvalue weighted by atomic mass is 16.5. The van der Waals surface area contributed by atoms with Gasteiger partial charge in [-0.05, 0) is 42.9 Å². The van der Waals surface area contributed by atoms with E-state index < -0.39 is 0 Å². The van der Waals surface area contributed by atoms with Crippen molar-refractivity contribution >= 4 is 5.91 Å². The van der Waals surface area contributed by atoms with E-state index in [4.69, 9.17) is 15.2 Å². The van der Waals surface area contributed by atoms with E-state index in [9.17, 15) is 4.79 Å². The third-order valence-electron chi connectivity index (χ3n) is 5.04. The van der Waals surface area contributed by atoms with Crippen LogP contribution in [0.25, 0.3) is 0 Å². The second-order valence-electron chi connectivity index (χ2n) is 6.60. The number of ether oxygens (including phenoxy) is 2. The molecule has 0 bridgehead atoms. The summed E-state index contributed by atoms with van der Waals surface area (Å²) in [6.45, 7) is 2.91. The third-order valence-corrected chi connectivity index (χ3v) is 5.04. The zero-order chi connectivity index (χ0) is 16.2. The number of nitrogens with two attached hydrogens (primary N) is 1. The number of hydrogen-bond donors (Lipinski definition) is 1. The van der Waals surface area contributed by atoms with Crippen LogP contribution in [0.2, 0.25) is 0 Å². The monoisotopic (exact) mass is 318 g/mol. The number of methoxy groups -OCH3 is 1. The van der Waals surface area contributed by atoms with Crippen molar-refractivity contribution in [2.24, 2.45) is 17.6 Å². The smallest absolute Gasteiger partial charge is 0.254 e. The molecule has 5 nitrogen and oxygen atoms in total. The van der Waals surface area contributed by atoms with Crippen LogP contribution in [0, 0.1) is 11.8 Å². The number of rotatable bonds is 6. The lowest BCUT2D eigenvalue weighted by atomic mass is 9.98. The summed E-state index contributed by atoms with van der Waals surface area (Å²) in [4.78, 5) is 14.7. The molecule has 1 aromatic rings. The quantitative estimate of drug-likeness (QED) is 0.814. The van der Waals surface area contributed by atoms with Crippen LogP contribution in [0.3, 0.4) is 0 Å². The maximum absolute atomic E-state index is 12.7. The van der Waals surface area contributed by atoms with Crippen molar-refractivity contribution in [2.75, 3.05) is 33.4 Å². The lowest BCUT2D eigenvalue weighted by molar-refractivity contribution is 0.0779. The van der Waals surface area contributed by atoms with E-state index in [0.717, 1.165) is 38.1 Å². The topological polar surface area (TPSA) is 64.8 Å². The molecule has 2 aliphatic rings. The molecule has 126 valence electrons. The third kappa shape index (κ3) is 3.67. The van der Waals surface area contributed by atoms with Gasteiger partial charge in [0.2, 0.25) is 0 Å². The van der Waals surface area contributed by atoms with Crippen LogP contribution in [0.4, 0.5) is 0 Å². The Bertz CT molecular complexity index is 549. The summed E-state index contributed by atoms with van der Waals surface area (Å²) >= 11 is 0. The molecule has 1 saturated heterocycles. The fourth-order valence-corrected chi connectivity index (χ4v) is 3.77. The van der Waals surface area contributed by atoms with E-state index in [1.165, 1.54) is 0 Å². The number of nitrogens with zero attached hydrogens (tertiary/aromatic N) is 1. The highest BCUT2D eigenvalue weighted by molar-refractivity contribution is 5.94. The molecule has 0 aromatic heterocycles. The van der Waals surface area contributed by atoms with Gasteiger partial charge in [0, 0.05) is 44.8 Å². The summed E-state index contributed by atoms with van der Waals surface area (Å²) in [5, 5.41) is 0. The molecule has 0 radical (unpaired) electrons. The van der Waals surface area contributed by atoms with Gasteiger partial charge in [-0.25, -0.2) is 0 Å². The normalized spacial score (nSPS) is 26.3. The van der Waals surface area contributed by atoms with Crippen LogP contribution < -0.4 is 10.5 Å². The van der Waals surface area contributed by atoms with Crippen molar-refractivity contribution in [1.29, 1.82) is 0 Å². The average Bonchev–Trinajstić information content (AvgIpc) is 3.14. The number of hydrogen-bond acceptors (Lipinski definition) is 4. The first kappa shape index (κ1) is 16.3. The Morgan fingerprint density at radius 1 is 1.30 bits per heavy atom. The van der Waals surface area contributed by atoms with Crippen molar-refractivity contribution in [3.63, 3.8) is 0 Å². The van der Waals surface area contributed by atoms with Gasteiger partial charge in [0.05, 0.1) is 6.61 Å². The maximum Gasteiger partial charge on any atom is 0.254 e. The Kier molecular flexibility index (Phi) is 5.18. The van der Waals surface area contributed by atoms with Crippen LogP contribution in [0.5, 0.6) is 5.75 Å². The van der Waals surface area contributed by atoms with E-state index in [-0.39, 0.29) is 11.9 Å². The maximum atomic E-state index is 12.7. The molecule has 3 unspecified atom stereocenters. The minimum atomic E-state index is 0.0916. The van der Waals surface area contributed by atoms with E-state index >= 15 is 0 Å².